The maximum absolute atomic E-state index is 5.75. The summed E-state index contributed by atoms with van der Waals surface area (Å²) < 4.78 is 7.81. The van der Waals surface area contributed by atoms with Crippen molar-refractivity contribution < 1.29 is 4.74 Å². The van der Waals surface area contributed by atoms with E-state index < -0.39 is 0 Å². The third-order valence-electron chi connectivity index (χ3n) is 4.84. The molecule has 0 atom stereocenters. The van der Waals surface area contributed by atoms with Gasteiger partial charge in [-0.2, -0.15) is 0 Å². The molecule has 0 radical (unpaired) electrons. The minimum atomic E-state index is 0.631. The van der Waals surface area contributed by atoms with E-state index in [2.05, 4.69) is 49.9 Å². The number of benzene rings is 2. The average Bonchev–Trinajstić information content (AvgIpc) is 3.11. The van der Waals surface area contributed by atoms with Gasteiger partial charge in [-0.05, 0) is 36.9 Å². The lowest BCUT2D eigenvalue weighted by Gasteiger charge is -2.17. The number of para-hydroxylation sites is 2. The number of fused-ring (bicyclic) bond motifs is 1. The summed E-state index contributed by atoms with van der Waals surface area (Å²) in [5, 5.41) is 10.8. The standard InChI is InChI=1S/C23H25N5OS/c1-27(16-18-12-13-24-21-11-7-6-10-20(18)21)17-22-25-26-23(28(22)2)30-15-14-29-19-8-4-3-5-9-19/h3-13H,14-17H2,1-2H3. The quantitative estimate of drug-likeness (QED) is 0.300. The number of hydrogen-bond donors (Lipinski definition) is 0. The van der Waals surface area contributed by atoms with Crippen LogP contribution in [0.2, 0.25) is 0 Å². The van der Waals surface area contributed by atoms with Crippen LogP contribution >= 0.6 is 11.8 Å². The minimum absolute atomic E-state index is 0.631. The maximum atomic E-state index is 5.75. The lowest BCUT2D eigenvalue weighted by Crippen LogP contribution is -2.20. The van der Waals surface area contributed by atoms with Crippen LogP contribution in [-0.4, -0.2) is 44.1 Å². The van der Waals surface area contributed by atoms with E-state index in [0.29, 0.717) is 6.61 Å². The van der Waals surface area contributed by atoms with Crippen LogP contribution in [0.15, 0.2) is 72.0 Å². The molecule has 6 nitrogen and oxygen atoms in total. The SMILES string of the molecule is CN(Cc1ccnc2ccccc12)Cc1nnc(SCCOc2ccccc2)n1C. The summed E-state index contributed by atoms with van der Waals surface area (Å²) in [5.74, 6) is 2.66. The van der Waals surface area contributed by atoms with E-state index in [-0.39, 0.29) is 0 Å². The molecule has 7 heteroatoms. The summed E-state index contributed by atoms with van der Waals surface area (Å²) in [6.45, 7) is 2.18. The first kappa shape index (κ1) is 20.4. The summed E-state index contributed by atoms with van der Waals surface area (Å²) >= 11 is 1.66. The number of hydrogen-bond acceptors (Lipinski definition) is 6. The molecule has 30 heavy (non-hydrogen) atoms. The fourth-order valence-electron chi connectivity index (χ4n) is 3.30. The van der Waals surface area contributed by atoms with Gasteiger partial charge >= 0.3 is 0 Å². The third kappa shape index (κ3) is 4.98. The average molecular weight is 420 g/mol. The van der Waals surface area contributed by atoms with Gasteiger partial charge in [0.15, 0.2) is 5.16 Å². The molecule has 2 heterocycles. The molecule has 0 aliphatic heterocycles. The summed E-state index contributed by atoms with van der Waals surface area (Å²) in [6.07, 6.45) is 1.88. The van der Waals surface area contributed by atoms with Crippen molar-refractivity contribution in [3.63, 3.8) is 0 Å². The fraction of sp³-hybridized carbons (Fsp3) is 0.261. The molecular weight excluding hydrogens is 394 g/mol. The van der Waals surface area contributed by atoms with Crippen LogP contribution in [0.3, 0.4) is 0 Å². The highest BCUT2D eigenvalue weighted by atomic mass is 32.2. The van der Waals surface area contributed by atoms with E-state index in [4.69, 9.17) is 4.74 Å². The molecule has 4 rings (SSSR count). The molecule has 154 valence electrons. The molecule has 0 bridgehead atoms. The van der Waals surface area contributed by atoms with Crippen molar-refractivity contribution in [2.45, 2.75) is 18.2 Å². The number of ether oxygens (including phenoxy) is 1. The molecule has 0 spiro atoms. The van der Waals surface area contributed by atoms with Crippen LogP contribution in [0.4, 0.5) is 0 Å². The molecule has 0 aliphatic rings. The number of thioether (sulfide) groups is 1. The second-order valence-corrected chi connectivity index (χ2v) is 8.19. The highest BCUT2D eigenvalue weighted by molar-refractivity contribution is 7.99. The second-order valence-electron chi connectivity index (χ2n) is 7.13. The van der Waals surface area contributed by atoms with Gasteiger partial charge < -0.3 is 9.30 Å². The van der Waals surface area contributed by atoms with Crippen LogP contribution in [0.5, 0.6) is 5.75 Å². The molecule has 0 N–H and O–H groups in total. The summed E-state index contributed by atoms with van der Waals surface area (Å²) in [7, 11) is 4.12. The maximum Gasteiger partial charge on any atom is 0.191 e. The fourth-order valence-corrected chi connectivity index (χ4v) is 4.05. The Bertz CT molecular complexity index is 1090. The van der Waals surface area contributed by atoms with E-state index in [1.54, 1.807) is 11.8 Å². The monoisotopic (exact) mass is 419 g/mol. The normalized spacial score (nSPS) is 11.3. The number of rotatable bonds is 9. The van der Waals surface area contributed by atoms with E-state index in [9.17, 15) is 0 Å². The lowest BCUT2D eigenvalue weighted by molar-refractivity contribution is 0.307. The molecule has 2 aromatic carbocycles. The highest BCUT2D eigenvalue weighted by Gasteiger charge is 2.12. The first-order valence-electron chi connectivity index (χ1n) is 9.91. The lowest BCUT2D eigenvalue weighted by atomic mass is 10.1. The van der Waals surface area contributed by atoms with E-state index in [1.165, 1.54) is 10.9 Å². The molecule has 0 fully saturated rings. The molecule has 0 unspecified atom stereocenters. The van der Waals surface area contributed by atoms with Crippen molar-refractivity contribution in [1.29, 1.82) is 0 Å². The Morgan fingerprint density at radius 1 is 0.967 bits per heavy atom. The molecule has 0 aliphatic carbocycles. The Hall–Kier alpha value is -2.90. The Morgan fingerprint density at radius 3 is 2.63 bits per heavy atom. The highest BCUT2D eigenvalue weighted by Crippen LogP contribution is 2.20. The molecule has 0 saturated carbocycles. The largest absolute Gasteiger partial charge is 0.493 e. The topological polar surface area (TPSA) is 56.1 Å². The van der Waals surface area contributed by atoms with Crippen molar-refractivity contribution in [1.82, 2.24) is 24.6 Å². The van der Waals surface area contributed by atoms with Gasteiger partial charge in [0.1, 0.15) is 11.6 Å². The smallest absolute Gasteiger partial charge is 0.191 e. The van der Waals surface area contributed by atoms with Gasteiger partial charge in [0.05, 0.1) is 18.7 Å². The van der Waals surface area contributed by atoms with E-state index in [0.717, 1.165) is 41.1 Å². The van der Waals surface area contributed by atoms with Crippen LogP contribution in [0, 0.1) is 0 Å². The molecule has 0 saturated heterocycles. The molecule has 4 aromatic rings. The van der Waals surface area contributed by atoms with Gasteiger partial charge in [-0.15, -0.1) is 10.2 Å². The first-order chi connectivity index (χ1) is 14.7. The van der Waals surface area contributed by atoms with Crippen LogP contribution < -0.4 is 4.74 Å². The molecule has 2 aromatic heterocycles. The minimum Gasteiger partial charge on any atom is -0.493 e. The zero-order chi connectivity index (χ0) is 20.8. The van der Waals surface area contributed by atoms with E-state index >= 15 is 0 Å². The van der Waals surface area contributed by atoms with Crippen molar-refractivity contribution >= 4 is 22.7 Å². The van der Waals surface area contributed by atoms with Gasteiger partial charge in [-0.25, -0.2) is 0 Å². The van der Waals surface area contributed by atoms with Gasteiger partial charge in [-0.1, -0.05) is 48.2 Å². The van der Waals surface area contributed by atoms with Gasteiger partial charge in [0.2, 0.25) is 0 Å². The van der Waals surface area contributed by atoms with Crippen molar-refractivity contribution in [2.75, 3.05) is 19.4 Å². The third-order valence-corrected chi connectivity index (χ3v) is 5.83. The van der Waals surface area contributed by atoms with E-state index in [1.807, 2.05) is 55.7 Å². The predicted octanol–water partition coefficient (Wildman–Crippen LogP) is 4.17. The predicted molar refractivity (Wildman–Crippen MR) is 121 cm³/mol. The zero-order valence-corrected chi connectivity index (χ0v) is 18.0. The Kier molecular flexibility index (Phi) is 6.61. The molecule has 0 amide bonds. The number of aromatic nitrogens is 4. The Labute approximate surface area is 180 Å². The number of nitrogens with zero attached hydrogens (tertiary/aromatic N) is 5. The van der Waals surface area contributed by atoms with Gasteiger partial charge in [-0.3, -0.25) is 9.88 Å². The van der Waals surface area contributed by atoms with Crippen molar-refractivity contribution in [3.05, 3.63) is 78.2 Å². The summed E-state index contributed by atoms with van der Waals surface area (Å²) in [6, 6.07) is 20.2. The van der Waals surface area contributed by atoms with Crippen molar-refractivity contribution in [3.8, 4) is 5.75 Å². The van der Waals surface area contributed by atoms with Crippen LogP contribution in [0.1, 0.15) is 11.4 Å². The van der Waals surface area contributed by atoms with Gasteiger partial charge in [0, 0.05) is 30.9 Å². The van der Waals surface area contributed by atoms with Crippen molar-refractivity contribution in [2.24, 2.45) is 7.05 Å². The molecular formula is C23H25N5OS. The zero-order valence-electron chi connectivity index (χ0n) is 17.2. The Balaban J connectivity index is 1.32. The second kappa shape index (κ2) is 9.73. The van der Waals surface area contributed by atoms with Crippen LogP contribution in [-0.2, 0) is 20.1 Å². The number of pyridine rings is 1. The first-order valence-corrected chi connectivity index (χ1v) is 10.9. The Morgan fingerprint density at radius 2 is 1.77 bits per heavy atom. The summed E-state index contributed by atoms with van der Waals surface area (Å²) in [5.41, 5.74) is 2.29. The van der Waals surface area contributed by atoms with Crippen LogP contribution in [0.25, 0.3) is 10.9 Å². The van der Waals surface area contributed by atoms with Gasteiger partial charge in [0.25, 0.3) is 0 Å². The summed E-state index contributed by atoms with van der Waals surface area (Å²) in [4.78, 5) is 6.70.